The molecule has 5 heteroatoms. The van der Waals surface area contributed by atoms with E-state index in [1.54, 1.807) is 4.90 Å². The van der Waals surface area contributed by atoms with Crippen molar-refractivity contribution in [1.29, 1.82) is 0 Å². The van der Waals surface area contributed by atoms with Crippen LogP contribution in [-0.2, 0) is 4.79 Å². The van der Waals surface area contributed by atoms with Crippen LogP contribution in [-0.4, -0.2) is 36.0 Å². The number of amides is 3. The number of hydrogen-bond donors (Lipinski definition) is 2. The lowest BCUT2D eigenvalue weighted by Gasteiger charge is -2.13. The molecule has 68 valence electrons. The molecule has 3 amide bonds. The van der Waals surface area contributed by atoms with Crippen LogP contribution in [0.4, 0.5) is 4.79 Å². The van der Waals surface area contributed by atoms with Gasteiger partial charge < -0.3 is 16.0 Å². The van der Waals surface area contributed by atoms with Crippen molar-refractivity contribution < 1.29 is 9.59 Å². The molecule has 0 aromatic carbocycles. The lowest BCUT2D eigenvalue weighted by Crippen LogP contribution is -2.43. The Bertz CT molecular complexity index is 205. The van der Waals surface area contributed by atoms with Gasteiger partial charge in [-0.3, -0.25) is 4.79 Å². The summed E-state index contributed by atoms with van der Waals surface area (Å²) in [5.41, 5.74) is 4.90. The van der Waals surface area contributed by atoms with Crippen molar-refractivity contribution in [2.45, 2.75) is 19.4 Å². The van der Waals surface area contributed by atoms with Gasteiger partial charge in [-0.2, -0.15) is 0 Å². The second kappa shape index (κ2) is 3.42. The van der Waals surface area contributed by atoms with Crippen molar-refractivity contribution in [3.05, 3.63) is 0 Å². The van der Waals surface area contributed by atoms with E-state index in [0.717, 1.165) is 0 Å². The van der Waals surface area contributed by atoms with Gasteiger partial charge in [-0.1, -0.05) is 0 Å². The molecule has 1 aliphatic heterocycles. The summed E-state index contributed by atoms with van der Waals surface area (Å²) in [5.74, 6) is -0.0312. The zero-order chi connectivity index (χ0) is 9.14. The predicted molar refractivity (Wildman–Crippen MR) is 43.4 cm³/mol. The highest BCUT2D eigenvalue weighted by Gasteiger charge is 2.30. The number of nitrogens with one attached hydrogen (secondary N) is 1. The van der Waals surface area contributed by atoms with Gasteiger partial charge in [-0.05, 0) is 13.3 Å². The van der Waals surface area contributed by atoms with Gasteiger partial charge in [0, 0.05) is 13.1 Å². The Morgan fingerprint density at radius 2 is 2.50 bits per heavy atom. The molecule has 1 aliphatic rings. The average Bonchev–Trinajstić information content (AvgIpc) is 2.32. The second-order valence-corrected chi connectivity index (χ2v) is 2.77. The minimum atomic E-state index is -0.633. The van der Waals surface area contributed by atoms with Crippen LogP contribution in [0.2, 0.25) is 0 Å². The largest absolute Gasteiger partial charge is 0.352 e. The van der Waals surface area contributed by atoms with E-state index in [9.17, 15) is 9.59 Å². The number of primary amides is 1. The number of likely N-dealkylation sites (tertiary alicyclic amines) is 1. The molecule has 12 heavy (non-hydrogen) atoms. The molecule has 0 bridgehead atoms. The Hall–Kier alpha value is -1.26. The molecule has 1 atom stereocenters. The van der Waals surface area contributed by atoms with Crippen molar-refractivity contribution in [2.24, 2.45) is 5.73 Å². The fourth-order valence-corrected chi connectivity index (χ4v) is 1.36. The molecule has 0 radical (unpaired) electrons. The maximum absolute atomic E-state index is 11.3. The van der Waals surface area contributed by atoms with E-state index in [2.05, 4.69) is 5.32 Å². The summed E-state index contributed by atoms with van der Waals surface area (Å²) in [6, 6.07) is -1.03. The van der Waals surface area contributed by atoms with E-state index >= 15 is 0 Å². The summed E-state index contributed by atoms with van der Waals surface area (Å²) >= 11 is 0. The number of carbonyl (C=O) groups excluding carboxylic acids is 2. The van der Waals surface area contributed by atoms with Crippen LogP contribution in [0.3, 0.4) is 0 Å². The Balaban J connectivity index is 2.49. The molecule has 1 unspecified atom stereocenters. The van der Waals surface area contributed by atoms with Gasteiger partial charge in [-0.25, -0.2) is 4.79 Å². The highest BCUT2D eigenvalue weighted by Crippen LogP contribution is 2.09. The van der Waals surface area contributed by atoms with Crippen LogP contribution in [0.25, 0.3) is 0 Å². The van der Waals surface area contributed by atoms with Gasteiger partial charge >= 0.3 is 6.03 Å². The summed E-state index contributed by atoms with van der Waals surface area (Å²) in [7, 11) is 0. The zero-order valence-corrected chi connectivity index (χ0v) is 7.04. The summed E-state index contributed by atoms with van der Waals surface area (Å²) in [6.07, 6.45) is 0.662. The molecule has 5 nitrogen and oxygen atoms in total. The second-order valence-electron chi connectivity index (χ2n) is 2.77. The lowest BCUT2D eigenvalue weighted by atomic mass is 10.2. The van der Waals surface area contributed by atoms with Gasteiger partial charge in [0.1, 0.15) is 6.04 Å². The summed E-state index contributed by atoms with van der Waals surface area (Å²) in [4.78, 5) is 23.5. The van der Waals surface area contributed by atoms with Crippen LogP contribution < -0.4 is 11.1 Å². The maximum atomic E-state index is 11.3. The molecule has 1 rings (SSSR count). The monoisotopic (exact) mass is 171 g/mol. The minimum absolute atomic E-state index is 0.0312. The molecule has 0 saturated carbocycles. The Kier molecular flexibility index (Phi) is 2.52. The van der Waals surface area contributed by atoms with Crippen molar-refractivity contribution in [2.75, 3.05) is 13.1 Å². The first-order valence-corrected chi connectivity index (χ1v) is 4.00. The Morgan fingerprint density at radius 3 is 2.92 bits per heavy atom. The van der Waals surface area contributed by atoms with E-state index in [4.69, 9.17) is 5.73 Å². The summed E-state index contributed by atoms with van der Waals surface area (Å²) in [5, 5.41) is 2.40. The number of carbonyl (C=O) groups is 2. The highest BCUT2D eigenvalue weighted by molar-refractivity contribution is 5.88. The van der Waals surface area contributed by atoms with Crippen LogP contribution in [0.1, 0.15) is 13.3 Å². The molecular weight excluding hydrogens is 158 g/mol. The molecule has 0 aromatic heterocycles. The first-order valence-electron chi connectivity index (χ1n) is 4.00. The lowest BCUT2D eigenvalue weighted by molar-refractivity contribution is -0.129. The van der Waals surface area contributed by atoms with Crippen molar-refractivity contribution in [3.63, 3.8) is 0 Å². The smallest absolute Gasteiger partial charge is 0.312 e. The molecule has 0 spiro atoms. The SMILES string of the molecule is CCN1CCC(NC(N)=O)C1=O. The maximum Gasteiger partial charge on any atom is 0.312 e. The minimum Gasteiger partial charge on any atom is -0.352 e. The first kappa shape index (κ1) is 8.83. The third-order valence-corrected chi connectivity index (χ3v) is 2.00. The topological polar surface area (TPSA) is 75.4 Å². The molecule has 1 fully saturated rings. The van der Waals surface area contributed by atoms with Crippen LogP contribution in [0.5, 0.6) is 0 Å². The van der Waals surface area contributed by atoms with Crippen LogP contribution in [0.15, 0.2) is 0 Å². The van der Waals surface area contributed by atoms with Gasteiger partial charge in [0.05, 0.1) is 0 Å². The van der Waals surface area contributed by atoms with Gasteiger partial charge in [0.25, 0.3) is 0 Å². The number of likely N-dealkylation sites (N-methyl/N-ethyl adjacent to an activating group) is 1. The predicted octanol–water partition coefficient (Wildman–Crippen LogP) is -0.724. The molecule has 1 saturated heterocycles. The number of rotatable bonds is 2. The van der Waals surface area contributed by atoms with Crippen molar-refractivity contribution in [1.82, 2.24) is 10.2 Å². The average molecular weight is 171 g/mol. The first-order chi connectivity index (χ1) is 5.65. The molecule has 0 aromatic rings. The van der Waals surface area contributed by atoms with E-state index in [0.29, 0.717) is 19.5 Å². The van der Waals surface area contributed by atoms with Gasteiger partial charge in [-0.15, -0.1) is 0 Å². The van der Waals surface area contributed by atoms with Crippen molar-refractivity contribution >= 4 is 11.9 Å². The Labute approximate surface area is 70.9 Å². The van der Waals surface area contributed by atoms with Gasteiger partial charge in [0.2, 0.25) is 5.91 Å². The fourth-order valence-electron chi connectivity index (χ4n) is 1.36. The number of nitrogens with zero attached hydrogens (tertiary/aromatic N) is 1. The number of urea groups is 1. The molecule has 1 heterocycles. The highest BCUT2D eigenvalue weighted by atomic mass is 16.2. The Morgan fingerprint density at radius 1 is 1.83 bits per heavy atom. The fraction of sp³-hybridized carbons (Fsp3) is 0.714. The zero-order valence-electron chi connectivity index (χ0n) is 7.04. The van der Waals surface area contributed by atoms with Crippen LogP contribution in [0, 0.1) is 0 Å². The van der Waals surface area contributed by atoms with Crippen LogP contribution >= 0.6 is 0 Å². The molecule has 3 N–H and O–H groups in total. The van der Waals surface area contributed by atoms with E-state index in [1.165, 1.54) is 0 Å². The third-order valence-electron chi connectivity index (χ3n) is 2.00. The quantitative estimate of drug-likeness (QED) is 0.575. The number of hydrogen-bond acceptors (Lipinski definition) is 2. The molecular formula is C7H13N3O2. The van der Waals surface area contributed by atoms with E-state index in [1.807, 2.05) is 6.92 Å². The normalized spacial score (nSPS) is 22.9. The molecule has 0 aliphatic carbocycles. The standard InChI is InChI=1S/C7H13N3O2/c1-2-10-4-3-5(6(10)11)9-7(8)12/h5H,2-4H2,1H3,(H3,8,9,12). The van der Waals surface area contributed by atoms with Gasteiger partial charge in [0.15, 0.2) is 0 Å². The van der Waals surface area contributed by atoms with E-state index in [-0.39, 0.29) is 5.91 Å². The van der Waals surface area contributed by atoms with E-state index < -0.39 is 12.1 Å². The number of nitrogens with two attached hydrogens (primary N) is 1. The summed E-state index contributed by atoms with van der Waals surface area (Å²) < 4.78 is 0. The third kappa shape index (κ3) is 1.66. The summed E-state index contributed by atoms with van der Waals surface area (Å²) in [6.45, 7) is 3.31. The van der Waals surface area contributed by atoms with Crippen molar-refractivity contribution in [3.8, 4) is 0 Å².